The van der Waals surface area contributed by atoms with Crippen LogP contribution in [0.1, 0.15) is 6.92 Å². The summed E-state index contributed by atoms with van der Waals surface area (Å²) in [5.41, 5.74) is 0. The summed E-state index contributed by atoms with van der Waals surface area (Å²) >= 11 is 0. The molecule has 0 spiro atoms. The van der Waals surface area contributed by atoms with Gasteiger partial charge in [0.1, 0.15) is 5.76 Å². The highest BCUT2D eigenvalue weighted by atomic mass is 32.2. The Balaban J connectivity index is 5.88. The molecule has 0 fully saturated rings. The van der Waals surface area contributed by atoms with Crippen molar-refractivity contribution in [3.8, 4) is 0 Å². The molecule has 0 aliphatic rings. The molecule has 0 heterocycles. The standard InChI is InChI=1S/C15H18O4S/c1-5-7-15(11-9-13(4)17)20(18,19)14(6-2)10-8-12(3)16/h5-11,16-17H,1-2,4H2,3H3/b11-9-,12-8+,14-10+,15-7+. The topological polar surface area (TPSA) is 74.6 Å². The quantitative estimate of drug-likeness (QED) is 0.555. The minimum atomic E-state index is -3.83. The van der Waals surface area contributed by atoms with E-state index in [1.807, 2.05) is 0 Å². The van der Waals surface area contributed by atoms with E-state index in [9.17, 15) is 8.42 Å². The molecule has 0 saturated heterocycles. The molecule has 0 radical (unpaired) electrons. The van der Waals surface area contributed by atoms with Crippen LogP contribution < -0.4 is 0 Å². The first-order valence-corrected chi connectivity index (χ1v) is 7.07. The highest BCUT2D eigenvalue weighted by molar-refractivity contribution is 7.99. The number of allylic oxidation sites excluding steroid dienone is 8. The maximum atomic E-state index is 12.3. The van der Waals surface area contributed by atoms with Gasteiger partial charge in [-0.15, -0.1) is 0 Å². The highest BCUT2D eigenvalue weighted by Gasteiger charge is 2.18. The van der Waals surface area contributed by atoms with Crippen molar-refractivity contribution in [3.05, 3.63) is 83.6 Å². The Bertz CT molecular complexity index is 610. The molecule has 0 aromatic carbocycles. The molecule has 20 heavy (non-hydrogen) atoms. The predicted octanol–water partition coefficient (Wildman–Crippen LogP) is 3.63. The Labute approximate surface area is 119 Å². The van der Waals surface area contributed by atoms with Gasteiger partial charge in [0, 0.05) is 0 Å². The van der Waals surface area contributed by atoms with Gasteiger partial charge in [0.2, 0.25) is 9.84 Å². The lowest BCUT2D eigenvalue weighted by atomic mass is 10.4. The third-order valence-corrected chi connectivity index (χ3v) is 3.85. The second-order valence-electron chi connectivity index (χ2n) is 3.71. The molecular weight excluding hydrogens is 276 g/mol. The van der Waals surface area contributed by atoms with Crippen molar-refractivity contribution in [2.24, 2.45) is 0 Å². The number of aliphatic hydroxyl groups excluding tert-OH is 2. The summed E-state index contributed by atoms with van der Waals surface area (Å²) in [6.45, 7) is 11.5. The van der Waals surface area contributed by atoms with Crippen molar-refractivity contribution in [3.63, 3.8) is 0 Å². The van der Waals surface area contributed by atoms with Crippen LogP contribution in [-0.2, 0) is 9.84 Å². The first-order valence-electron chi connectivity index (χ1n) is 5.59. The fourth-order valence-corrected chi connectivity index (χ4v) is 2.40. The largest absolute Gasteiger partial charge is 0.513 e. The Morgan fingerprint density at radius 2 is 1.60 bits per heavy atom. The maximum absolute atomic E-state index is 12.3. The average Bonchev–Trinajstić information content (AvgIpc) is 2.34. The van der Waals surface area contributed by atoms with E-state index in [1.165, 1.54) is 37.3 Å². The zero-order chi connectivity index (χ0) is 15.8. The van der Waals surface area contributed by atoms with Gasteiger partial charge >= 0.3 is 0 Å². The van der Waals surface area contributed by atoms with Crippen LogP contribution >= 0.6 is 0 Å². The second kappa shape index (κ2) is 8.01. The van der Waals surface area contributed by atoms with Crippen LogP contribution in [-0.4, -0.2) is 18.6 Å². The fraction of sp³-hybridized carbons (Fsp3) is 0.0667. The molecule has 0 aliphatic heterocycles. The first-order chi connectivity index (χ1) is 9.25. The lowest BCUT2D eigenvalue weighted by Crippen LogP contribution is -2.04. The van der Waals surface area contributed by atoms with E-state index < -0.39 is 9.84 Å². The number of hydrogen-bond acceptors (Lipinski definition) is 4. The minimum Gasteiger partial charge on any atom is -0.513 e. The Morgan fingerprint density at radius 1 is 1.00 bits per heavy atom. The molecule has 0 amide bonds. The lowest BCUT2D eigenvalue weighted by Gasteiger charge is -2.05. The Kier molecular flexibility index (Phi) is 7.10. The summed E-state index contributed by atoms with van der Waals surface area (Å²) in [7, 11) is -3.83. The molecule has 0 unspecified atom stereocenters. The third kappa shape index (κ3) is 5.58. The molecule has 2 N–H and O–H groups in total. The molecule has 0 aromatic heterocycles. The molecular formula is C15H18O4S. The highest BCUT2D eigenvalue weighted by Crippen LogP contribution is 2.20. The number of rotatable bonds is 7. The predicted molar refractivity (Wildman–Crippen MR) is 82.8 cm³/mol. The van der Waals surface area contributed by atoms with Crippen LogP contribution in [0.25, 0.3) is 0 Å². The summed E-state index contributed by atoms with van der Waals surface area (Å²) < 4.78 is 24.7. The van der Waals surface area contributed by atoms with Gasteiger partial charge in [-0.2, -0.15) is 0 Å². The van der Waals surface area contributed by atoms with Crippen molar-refractivity contribution < 1.29 is 18.6 Å². The average molecular weight is 294 g/mol. The van der Waals surface area contributed by atoms with E-state index in [4.69, 9.17) is 10.2 Å². The first kappa shape index (κ1) is 17.7. The maximum Gasteiger partial charge on any atom is 0.206 e. The van der Waals surface area contributed by atoms with E-state index in [0.717, 1.165) is 12.2 Å². The smallest absolute Gasteiger partial charge is 0.206 e. The molecule has 0 atom stereocenters. The number of hydrogen-bond donors (Lipinski definition) is 2. The monoisotopic (exact) mass is 294 g/mol. The lowest BCUT2D eigenvalue weighted by molar-refractivity contribution is 0.414. The molecule has 0 aliphatic carbocycles. The summed E-state index contributed by atoms with van der Waals surface area (Å²) in [5.74, 6) is -0.307. The molecule has 108 valence electrons. The van der Waals surface area contributed by atoms with E-state index >= 15 is 0 Å². The van der Waals surface area contributed by atoms with E-state index in [0.29, 0.717) is 0 Å². The second-order valence-corrected chi connectivity index (χ2v) is 5.66. The Hall–Kier alpha value is -2.27. The van der Waals surface area contributed by atoms with Crippen LogP contribution in [0.2, 0.25) is 0 Å². The van der Waals surface area contributed by atoms with Gasteiger partial charge in [-0.1, -0.05) is 31.9 Å². The zero-order valence-corrected chi connectivity index (χ0v) is 12.1. The van der Waals surface area contributed by atoms with Gasteiger partial charge in [-0.3, -0.25) is 0 Å². The molecule has 0 saturated carbocycles. The van der Waals surface area contributed by atoms with Crippen LogP contribution in [0.5, 0.6) is 0 Å². The molecule has 0 aromatic rings. The van der Waals surface area contributed by atoms with Gasteiger partial charge in [-0.05, 0) is 37.3 Å². The van der Waals surface area contributed by atoms with Crippen LogP contribution in [0.3, 0.4) is 0 Å². The van der Waals surface area contributed by atoms with Crippen molar-refractivity contribution in [1.82, 2.24) is 0 Å². The molecule has 0 rings (SSSR count). The van der Waals surface area contributed by atoms with Gasteiger partial charge in [0.05, 0.1) is 15.6 Å². The van der Waals surface area contributed by atoms with Crippen LogP contribution in [0, 0.1) is 0 Å². The summed E-state index contributed by atoms with van der Waals surface area (Å²) in [6, 6.07) is 0. The summed E-state index contributed by atoms with van der Waals surface area (Å²) in [4.78, 5) is -0.176. The summed E-state index contributed by atoms with van der Waals surface area (Å²) in [5, 5.41) is 18.1. The Morgan fingerprint density at radius 3 is 2.00 bits per heavy atom. The zero-order valence-electron chi connectivity index (χ0n) is 11.3. The molecule has 0 bridgehead atoms. The number of sulfone groups is 1. The van der Waals surface area contributed by atoms with E-state index in [2.05, 4.69) is 19.7 Å². The fourth-order valence-electron chi connectivity index (χ4n) is 1.14. The van der Waals surface area contributed by atoms with Crippen LogP contribution in [0.15, 0.2) is 83.6 Å². The van der Waals surface area contributed by atoms with E-state index in [-0.39, 0.29) is 21.3 Å². The number of aliphatic hydroxyl groups is 2. The minimum absolute atomic E-state index is 0.0342. The van der Waals surface area contributed by atoms with Crippen molar-refractivity contribution >= 4 is 9.84 Å². The van der Waals surface area contributed by atoms with Crippen molar-refractivity contribution in [2.45, 2.75) is 6.92 Å². The van der Waals surface area contributed by atoms with Gasteiger partial charge in [0.15, 0.2) is 0 Å². The van der Waals surface area contributed by atoms with Gasteiger partial charge in [-0.25, -0.2) is 8.42 Å². The normalized spacial score (nSPS) is 14.3. The van der Waals surface area contributed by atoms with Crippen LogP contribution in [0.4, 0.5) is 0 Å². The van der Waals surface area contributed by atoms with Crippen molar-refractivity contribution in [1.29, 1.82) is 0 Å². The summed E-state index contributed by atoms with van der Waals surface area (Å²) in [6.07, 6.45) is 8.58. The third-order valence-electron chi connectivity index (χ3n) is 2.03. The van der Waals surface area contributed by atoms with Gasteiger partial charge < -0.3 is 10.2 Å². The molecule has 5 heteroatoms. The van der Waals surface area contributed by atoms with Crippen molar-refractivity contribution in [2.75, 3.05) is 0 Å². The van der Waals surface area contributed by atoms with Gasteiger partial charge in [0.25, 0.3) is 0 Å². The SMILES string of the molecule is C=C/C=C(\C=C/C(=C)O)S(=O)(=O)/C(C=C)=C/C=C(\C)O. The molecule has 4 nitrogen and oxygen atoms in total. The van der Waals surface area contributed by atoms with E-state index in [1.54, 1.807) is 0 Å².